The maximum atomic E-state index is 5.44. The van der Waals surface area contributed by atoms with E-state index in [2.05, 4.69) is 36.4 Å². The summed E-state index contributed by atoms with van der Waals surface area (Å²) in [6.45, 7) is 2.53. The summed E-state index contributed by atoms with van der Waals surface area (Å²) < 4.78 is 10.8. The Morgan fingerprint density at radius 2 is 2.00 bits per heavy atom. The molecule has 0 saturated carbocycles. The van der Waals surface area contributed by atoms with Gasteiger partial charge in [0, 0.05) is 25.0 Å². The summed E-state index contributed by atoms with van der Waals surface area (Å²) >= 11 is 0. The Morgan fingerprint density at radius 3 is 2.65 bits per heavy atom. The molecule has 17 heavy (non-hydrogen) atoms. The summed E-state index contributed by atoms with van der Waals surface area (Å²) in [7, 11) is 4.27. The van der Waals surface area contributed by atoms with Crippen LogP contribution in [0.1, 0.15) is 11.6 Å². The summed E-state index contributed by atoms with van der Waals surface area (Å²) in [5.41, 5.74) is 1.31. The predicted octanol–water partition coefficient (Wildman–Crippen LogP) is 1.24. The zero-order valence-electron chi connectivity index (χ0n) is 10.3. The normalized spacial score (nSPS) is 20.4. The highest BCUT2D eigenvalue weighted by Crippen LogP contribution is 2.37. The van der Waals surface area contributed by atoms with Crippen LogP contribution in [0.5, 0.6) is 11.5 Å². The van der Waals surface area contributed by atoms with Crippen LogP contribution in [-0.4, -0.2) is 38.9 Å². The second-order valence-electron chi connectivity index (χ2n) is 4.94. The molecular weight excluding hydrogens is 216 g/mol. The standard InChI is InChI=1S/C13H18N2O2/c1-15(2)13(10-6-14-7-10)9-3-4-11-12(5-9)17-8-16-11/h3-5,10,13-14H,6-8H2,1-2H3. The number of hydrogen-bond acceptors (Lipinski definition) is 4. The number of benzene rings is 1. The molecule has 1 fully saturated rings. The fourth-order valence-electron chi connectivity index (χ4n) is 2.62. The Labute approximate surface area is 102 Å². The second kappa shape index (κ2) is 4.20. The van der Waals surface area contributed by atoms with Gasteiger partial charge in [0.1, 0.15) is 0 Å². The van der Waals surface area contributed by atoms with Crippen molar-refractivity contribution in [2.75, 3.05) is 34.0 Å². The van der Waals surface area contributed by atoms with Crippen LogP contribution in [0.25, 0.3) is 0 Å². The molecule has 0 radical (unpaired) electrons. The Hall–Kier alpha value is -1.26. The molecule has 3 rings (SSSR count). The number of hydrogen-bond donors (Lipinski definition) is 1. The maximum Gasteiger partial charge on any atom is 0.231 e. The van der Waals surface area contributed by atoms with Gasteiger partial charge in [0.15, 0.2) is 11.5 Å². The summed E-state index contributed by atoms with van der Waals surface area (Å²) in [4.78, 5) is 2.28. The van der Waals surface area contributed by atoms with E-state index in [0.29, 0.717) is 18.8 Å². The first kappa shape index (κ1) is 10.9. The van der Waals surface area contributed by atoms with Gasteiger partial charge >= 0.3 is 0 Å². The first-order chi connectivity index (χ1) is 8.25. The Kier molecular flexibility index (Phi) is 2.68. The summed E-state index contributed by atoms with van der Waals surface area (Å²) in [5.74, 6) is 2.42. The molecule has 0 aromatic heterocycles. The molecule has 1 aromatic rings. The molecule has 1 aromatic carbocycles. The third-order valence-corrected chi connectivity index (χ3v) is 3.55. The lowest BCUT2D eigenvalue weighted by atomic mass is 9.87. The molecule has 0 bridgehead atoms. The minimum absolute atomic E-state index is 0.344. The van der Waals surface area contributed by atoms with Crippen molar-refractivity contribution in [1.29, 1.82) is 0 Å². The Morgan fingerprint density at radius 1 is 1.24 bits per heavy atom. The third-order valence-electron chi connectivity index (χ3n) is 3.55. The largest absolute Gasteiger partial charge is 0.454 e. The molecule has 0 aliphatic carbocycles. The van der Waals surface area contributed by atoms with E-state index in [4.69, 9.17) is 9.47 Å². The van der Waals surface area contributed by atoms with Crippen LogP contribution in [0.3, 0.4) is 0 Å². The van der Waals surface area contributed by atoms with E-state index in [9.17, 15) is 0 Å². The van der Waals surface area contributed by atoms with Crippen molar-refractivity contribution in [1.82, 2.24) is 10.2 Å². The van der Waals surface area contributed by atoms with E-state index in [1.54, 1.807) is 0 Å². The molecule has 1 atom stereocenters. The summed E-state index contributed by atoms with van der Waals surface area (Å²) in [5, 5.41) is 3.34. The molecule has 92 valence electrons. The minimum Gasteiger partial charge on any atom is -0.454 e. The summed E-state index contributed by atoms with van der Waals surface area (Å²) in [6.07, 6.45) is 0. The maximum absolute atomic E-state index is 5.44. The van der Waals surface area contributed by atoms with Crippen molar-refractivity contribution < 1.29 is 9.47 Å². The van der Waals surface area contributed by atoms with Gasteiger partial charge in [-0.15, -0.1) is 0 Å². The monoisotopic (exact) mass is 234 g/mol. The van der Waals surface area contributed by atoms with Gasteiger partial charge in [0.2, 0.25) is 6.79 Å². The molecule has 1 saturated heterocycles. The van der Waals surface area contributed by atoms with Gasteiger partial charge in [0.25, 0.3) is 0 Å². The van der Waals surface area contributed by atoms with Crippen LogP contribution >= 0.6 is 0 Å². The summed E-state index contributed by atoms with van der Waals surface area (Å²) in [6, 6.07) is 6.73. The fraction of sp³-hybridized carbons (Fsp3) is 0.538. The fourth-order valence-corrected chi connectivity index (χ4v) is 2.62. The van der Waals surface area contributed by atoms with E-state index in [0.717, 1.165) is 24.6 Å². The molecule has 2 heterocycles. The third kappa shape index (κ3) is 1.87. The quantitative estimate of drug-likeness (QED) is 0.853. The number of fused-ring (bicyclic) bond motifs is 1. The van der Waals surface area contributed by atoms with Crippen LogP contribution in [-0.2, 0) is 0 Å². The molecule has 4 heteroatoms. The highest BCUT2D eigenvalue weighted by atomic mass is 16.7. The van der Waals surface area contributed by atoms with Crippen LogP contribution in [0.15, 0.2) is 18.2 Å². The van der Waals surface area contributed by atoms with E-state index in [-0.39, 0.29) is 0 Å². The molecule has 0 amide bonds. The molecule has 0 spiro atoms. The van der Waals surface area contributed by atoms with Crippen LogP contribution in [0.2, 0.25) is 0 Å². The molecule has 1 unspecified atom stereocenters. The average molecular weight is 234 g/mol. The van der Waals surface area contributed by atoms with E-state index < -0.39 is 0 Å². The van der Waals surface area contributed by atoms with Gasteiger partial charge in [-0.05, 0) is 31.8 Å². The lowest BCUT2D eigenvalue weighted by Crippen LogP contribution is -2.48. The molecule has 2 aliphatic rings. The lowest BCUT2D eigenvalue weighted by molar-refractivity contribution is 0.160. The number of ether oxygens (including phenoxy) is 2. The predicted molar refractivity (Wildman–Crippen MR) is 65.4 cm³/mol. The SMILES string of the molecule is CN(C)C(c1ccc2c(c1)OCO2)C1CNC1. The van der Waals surface area contributed by atoms with Crippen molar-refractivity contribution in [3.8, 4) is 11.5 Å². The first-order valence-electron chi connectivity index (χ1n) is 6.02. The molecule has 2 aliphatic heterocycles. The van der Waals surface area contributed by atoms with Gasteiger partial charge in [-0.2, -0.15) is 0 Å². The van der Waals surface area contributed by atoms with Gasteiger partial charge in [0.05, 0.1) is 0 Å². The highest BCUT2D eigenvalue weighted by Gasteiger charge is 2.30. The minimum atomic E-state index is 0.344. The lowest BCUT2D eigenvalue weighted by Gasteiger charge is -2.38. The van der Waals surface area contributed by atoms with Gasteiger partial charge in [-0.25, -0.2) is 0 Å². The highest BCUT2D eigenvalue weighted by molar-refractivity contribution is 5.45. The number of nitrogens with zero attached hydrogens (tertiary/aromatic N) is 1. The van der Waals surface area contributed by atoms with Gasteiger partial charge in [-0.3, -0.25) is 0 Å². The van der Waals surface area contributed by atoms with Crippen molar-refractivity contribution in [2.45, 2.75) is 6.04 Å². The van der Waals surface area contributed by atoms with Gasteiger partial charge in [-0.1, -0.05) is 6.07 Å². The molecule has 1 N–H and O–H groups in total. The van der Waals surface area contributed by atoms with Crippen LogP contribution in [0.4, 0.5) is 0 Å². The molecule has 4 nitrogen and oxygen atoms in total. The topological polar surface area (TPSA) is 33.7 Å². The Bertz CT molecular complexity index is 416. The van der Waals surface area contributed by atoms with E-state index >= 15 is 0 Å². The van der Waals surface area contributed by atoms with E-state index in [1.807, 2.05) is 6.07 Å². The zero-order chi connectivity index (χ0) is 11.8. The zero-order valence-corrected chi connectivity index (χ0v) is 10.3. The van der Waals surface area contributed by atoms with Crippen molar-refractivity contribution in [3.05, 3.63) is 23.8 Å². The second-order valence-corrected chi connectivity index (χ2v) is 4.94. The number of nitrogens with one attached hydrogen (secondary N) is 1. The van der Waals surface area contributed by atoms with Crippen molar-refractivity contribution in [2.24, 2.45) is 5.92 Å². The number of rotatable bonds is 3. The average Bonchev–Trinajstić information content (AvgIpc) is 2.69. The van der Waals surface area contributed by atoms with Crippen LogP contribution < -0.4 is 14.8 Å². The molecular formula is C13H18N2O2. The van der Waals surface area contributed by atoms with Crippen molar-refractivity contribution >= 4 is 0 Å². The van der Waals surface area contributed by atoms with Crippen LogP contribution in [0, 0.1) is 5.92 Å². The first-order valence-corrected chi connectivity index (χ1v) is 6.02. The van der Waals surface area contributed by atoms with E-state index in [1.165, 1.54) is 5.56 Å². The Balaban J connectivity index is 1.90. The van der Waals surface area contributed by atoms with Crippen molar-refractivity contribution in [3.63, 3.8) is 0 Å². The smallest absolute Gasteiger partial charge is 0.231 e. The van der Waals surface area contributed by atoms with Gasteiger partial charge < -0.3 is 19.7 Å².